The molecule has 0 aliphatic carbocycles. The highest BCUT2D eigenvalue weighted by Gasteiger charge is 2.39. The zero-order valence-electron chi connectivity index (χ0n) is 22.2. The average Bonchev–Trinajstić information content (AvgIpc) is 3.50. The van der Waals surface area contributed by atoms with Gasteiger partial charge in [0, 0.05) is 44.2 Å². The minimum absolute atomic E-state index is 0.137. The molecule has 4 heterocycles. The summed E-state index contributed by atoms with van der Waals surface area (Å²) in [6.45, 7) is 4.76. The molecule has 5 rings (SSSR count). The summed E-state index contributed by atoms with van der Waals surface area (Å²) in [5, 5.41) is 9.63. The van der Waals surface area contributed by atoms with Gasteiger partial charge >= 0.3 is 0 Å². The largest absolute Gasteiger partial charge is 0.331 e. The molecule has 0 saturated heterocycles. The van der Waals surface area contributed by atoms with Crippen LogP contribution in [0.5, 0.6) is 0 Å². The van der Waals surface area contributed by atoms with E-state index in [0.717, 1.165) is 9.78 Å². The Morgan fingerprint density at radius 3 is 2.59 bits per heavy atom. The molecule has 2 aliphatic heterocycles. The summed E-state index contributed by atoms with van der Waals surface area (Å²) in [4.78, 5) is 34.8. The van der Waals surface area contributed by atoms with Gasteiger partial charge in [0.1, 0.15) is 12.0 Å². The van der Waals surface area contributed by atoms with Crippen molar-refractivity contribution in [3.8, 4) is 0 Å². The van der Waals surface area contributed by atoms with Gasteiger partial charge in [0.05, 0.1) is 41.1 Å². The zero-order valence-corrected chi connectivity index (χ0v) is 24.5. The molecule has 15 heteroatoms. The van der Waals surface area contributed by atoms with Crippen molar-refractivity contribution >= 4 is 44.7 Å². The molecule has 0 radical (unpaired) electrons. The molecular formula is C24H30Cl2N8O4S. The number of nitrogens with zero attached hydrogens (tertiary/aromatic N) is 8. The number of carbonyl (C=O) groups excluding carboxylic acids is 2. The Morgan fingerprint density at radius 2 is 1.92 bits per heavy atom. The zero-order chi connectivity index (χ0) is 28.5. The van der Waals surface area contributed by atoms with E-state index in [2.05, 4.69) is 10.1 Å². The maximum atomic E-state index is 13.8. The van der Waals surface area contributed by atoms with Crippen molar-refractivity contribution < 1.29 is 18.4 Å². The van der Waals surface area contributed by atoms with E-state index < -0.39 is 15.8 Å². The predicted molar refractivity (Wildman–Crippen MR) is 147 cm³/mol. The number of fused-ring (bicyclic) bond motifs is 3. The number of rotatable bonds is 5. The molecule has 2 aromatic heterocycles. The number of amides is 2. The highest BCUT2D eigenvalue weighted by molar-refractivity contribution is 8.11. The minimum Gasteiger partial charge on any atom is -0.331 e. The third-order valence-electron chi connectivity index (χ3n) is 7.53. The Morgan fingerprint density at radius 1 is 1.21 bits per heavy atom. The van der Waals surface area contributed by atoms with Crippen LogP contribution in [0.2, 0.25) is 10.0 Å². The molecule has 1 aromatic carbocycles. The average molecular weight is 598 g/mol. The molecule has 0 spiro atoms. The van der Waals surface area contributed by atoms with Gasteiger partial charge in [0.15, 0.2) is 5.82 Å². The molecule has 210 valence electrons. The van der Waals surface area contributed by atoms with E-state index in [0.29, 0.717) is 46.4 Å². The first kappa shape index (κ1) is 27.7. The summed E-state index contributed by atoms with van der Waals surface area (Å²) in [7, 11) is -1.46. The number of aromatic nitrogens is 5. The van der Waals surface area contributed by atoms with Crippen LogP contribution in [0.1, 0.15) is 57.8 Å². The Labute approximate surface area is 236 Å². The van der Waals surface area contributed by atoms with Crippen molar-refractivity contribution in [1.82, 2.24) is 38.1 Å². The number of hydrogen-bond acceptors (Lipinski definition) is 6. The maximum Gasteiger partial charge on any atom is 0.273 e. The fraction of sp³-hybridized carbons (Fsp3) is 0.458. The third-order valence-corrected chi connectivity index (χ3v) is 11.0. The van der Waals surface area contributed by atoms with Gasteiger partial charge in [-0.3, -0.25) is 18.8 Å². The quantitative estimate of drug-likeness (QED) is 0.479. The standard InChI is InChI=1S/C24H30Cl2N8O4S/c1-14-10-20-17(12-32(14)23(35)16-6-7-18(25)19(26)11-16)21-24(36)31(8-9-33(21)28-20)15(2)22-27-13-34(29-22)39(5,37,38)30(3)4/h6-7,11,13-15H,8-10,12H2,1-5H3,(H,37,38)/t14-,15+/m1/s1. The maximum absolute atomic E-state index is 13.8. The third kappa shape index (κ3) is 4.55. The molecule has 2 atom stereocenters. The smallest absolute Gasteiger partial charge is 0.273 e. The monoisotopic (exact) mass is 596 g/mol. The second-order valence-electron chi connectivity index (χ2n) is 10.3. The van der Waals surface area contributed by atoms with E-state index in [4.69, 9.17) is 28.3 Å². The molecule has 2 aliphatic rings. The Kier molecular flexibility index (Phi) is 6.66. The number of benzene rings is 1. The van der Waals surface area contributed by atoms with Crippen LogP contribution < -0.4 is 0 Å². The molecule has 12 nitrogen and oxygen atoms in total. The second-order valence-corrected chi connectivity index (χ2v) is 14.6. The van der Waals surface area contributed by atoms with E-state index in [1.807, 2.05) is 6.92 Å². The highest BCUT2D eigenvalue weighted by atomic mass is 35.5. The van der Waals surface area contributed by atoms with E-state index >= 15 is 0 Å². The van der Waals surface area contributed by atoms with Crippen LogP contribution in [0.15, 0.2) is 24.5 Å². The van der Waals surface area contributed by atoms with Gasteiger partial charge in [0.2, 0.25) is 0 Å². The summed E-state index contributed by atoms with van der Waals surface area (Å²) in [5.41, 5.74) is 2.34. The van der Waals surface area contributed by atoms with Crippen molar-refractivity contribution in [3.05, 3.63) is 62.9 Å². The van der Waals surface area contributed by atoms with Gasteiger partial charge < -0.3 is 9.80 Å². The molecular weight excluding hydrogens is 567 g/mol. The van der Waals surface area contributed by atoms with Crippen molar-refractivity contribution in [2.24, 2.45) is 0 Å². The van der Waals surface area contributed by atoms with Crippen LogP contribution >= 0.6 is 23.2 Å². The first-order chi connectivity index (χ1) is 18.2. The molecule has 0 saturated carbocycles. The van der Waals surface area contributed by atoms with Crippen LogP contribution in [0.3, 0.4) is 0 Å². The van der Waals surface area contributed by atoms with Crippen LogP contribution in [0, 0.1) is 0 Å². The molecule has 1 N–H and O–H groups in total. The molecule has 0 bridgehead atoms. The van der Waals surface area contributed by atoms with Crippen molar-refractivity contribution in [1.29, 1.82) is 0 Å². The lowest BCUT2D eigenvalue weighted by atomic mass is 9.97. The Bertz CT molecular complexity index is 1560. The summed E-state index contributed by atoms with van der Waals surface area (Å²) >= 11 is 12.2. The number of carbonyl (C=O) groups is 2. The van der Waals surface area contributed by atoms with Gasteiger partial charge in [-0.05, 0) is 32.0 Å². The molecule has 3 aromatic rings. The first-order valence-electron chi connectivity index (χ1n) is 12.3. The highest BCUT2D eigenvalue weighted by Crippen LogP contribution is 2.33. The fourth-order valence-corrected chi connectivity index (χ4v) is 6.00. The molecule has 2 amide bonds. The van der Waals surface area contributed by atoms with Crippen LogP contribution in [-0.2, 0) is 29.2 Å². The second kappa shape index (κ2) is 9.37. The van der Waals surface area contributed by atoms with E-state index in [-0.39, 0.29) is 30.2 Å². The van der Waals surface area contributed by atoms with Gasteiger partial charge in [0.25, 0.3) is 11.8 Å². The summed E-state index contributed by atoms with van der Waals surface area (Å²) < 4.78 is 27.7. The van der Waals surface area contributed by atoms with Crippen molar-refractivity contribution in [2.45, 2.75) is 45.4 Å². The molecule has 0 unspecified atom stereocenters. The van der Waals surface area contributed by atoms with Crippen molar-refractivity contribution in [2.75, 3.05) is 26.9 Å². The SMILES string of the molecule is C[C@@H]1Cc2nn3c(c2CN1C(=O)c1ccc(Cl)c(Cl)c1)C(=O)N([C@@H](C)c1ncn(S(C)(=O)(O)N(C)C)n1)CC3. The van der Waals surface area contributed by atoms with Crippen LogP contribution in [0.4, 0.5) is 0 Å². The van der Waals surface area contributed by atoms with E-state index in [9.17, 15) is 18.4 Å². The van der Waals surface area contributed by atoms with Crippen LogP contribution in [0.25, 0.3) is 0 Å². The molecule has 0 fully saturated rings. The normalized spacial score (nSPS) is 19.5. The molecule has 39 heavy (non-hydrogen) atoms. The first-order valence-corrected chi connectivity index (χ1v) is 15.3. The van der Waals surface area contributed by atoms with Gasteiger partial charge in [-0.2, -0.15) is 13.6 Å². The lowest BCUT2D eigenvalue weighted by molar-refractivity contribution is 0.0599. The number of halogens is 2. The lowest BCUT2D eigenvalue weighted by Crippen LogP contribution is -2.51. The van der Waals surface area contributed by atoms with E-state index in [1.54, 1.807) is 39.6 Å². The topological polar surface area (TPSA) is 130 Å². The summed E-state index contributed by atoms with van der Waals surface area (Å²) in [6, 6.07) is 4.06. The summed E-state index contributed by atoms with van der Waals surface area (Å²) in [6.07, 6.45) is 2.89. The lowest BCUT2D eigenvalue weighted by Gasteiger charge is -2.44. The summed E-state index contributed by atoms with van der Waals surface area (Å²) in [5.74, 6) is -0.231. The number of hydrogen-bond donors (Lipinski definition) is 1. The van der Waals surface area contributed by atoms with Gasteiger partial charge in [-0.15, -0.1) is 9.19 Å². The van der Waals surface area contributed by atoms with Crippen molar-refractivity contribution in [3.63, 3.8) is 0 Å². The van der Waals surface area contributed by atoms with Crippen LogP contribution in [-0.4, -0.2) is 91.6 Å². The minimum atomic E-state index is -4.42. The van der Waals surface area contributed by atoms with Gasteiger partial charge in [-0.1, -0.05) is 32.9 Å². The Hall–Kier alpha value is -2.84. The van der Waals surface area contributed by atoms with Gasteiger partial charge in [-0.25, -0.2) is 4.98 Å². The van der Waals surface area contributed by atoms with E-state index in [1.165, 1.54) is 31.0 Å². The predicted octanol–water partition coefficient (Wildman–Crippen LogP) is 2.75. The fourth-order valence-electron chi connectivity index (χ4n) is 4.83. The Balaban J connectivity index is 1.43.